The summed E-state index contributed by atoms with van der Waals surface area (Å²) in [5.41, 5.74) is -0.645. The molecular weight excluding hydrogens is 314 g/mol. The molecule has 0 radical (unpaired) electrons. The van der Waals surface area contributed by atoms with Crippen LogP contribution < -0.4 is 10.6 Å². The number of carboxylic acids is 1. The SMILES string of the molecule is CC(NC(=O)Nc1c(F)cc(Br)cc1F)C(=O)O. The summed E-state index contributed by atoms with van der Waals surface area (Å²) in [6, 6.07) is -0.241. The molecule has 0 bridgehead atoms. The van der Waals surface area contributed by atoms with E-state index in [9.17, 15) is 18.4 Å². The number of rotatable bonds is 3. The summed E-state index contributed by atoms with van der Waals surface area (Å²) in [6.45, 7) is 1.22. The predicted molar refractivity (Wildman–Crippen MR) is 63.3 cm³/mol. The summed E-state index contributed by atoms with van der Waals surface area (Å²) < 4.78 is 26.9. The second kappa shape index (κ2) is 5.76. The molecule has 0 aliphatic heterocycles. The monoisotopic (exact) mass is 322 g/mol. The third kappa shape index (κ3) is 3.66. The molecule has 0 spiro atoms. The van der Waals surface area contributed by atoms with Crippen molar-refractivity contribution in [2.75, 3.05) is 5.32 Å². The summed E-state index contributed by atoms with van der Waals surface area (Å²) >= 11 is 2.89. The minimum absolute atomic E-state index is 0.183. The van der Waals surface area contributed by atoms with Crippen molar-refractivity contribution >= 4 is 33.6 Å². The highest BCUT2D eigenvalue weighted by molar-refractivity contribution is 9.10. The molecule has 3 N–H and O–H groups in total. The highest BCUT2D eigenvalue weighted by Gasteiger charge is 2.17. The number of amides is 2. The fraction of sp³-hybridized carbons (Fsp3) is 0.200. The fourth-order valence-electron chi connectivity index (χ4n) is 1.07. The maximum Gasteiger partial charge on any atom is 0.325 e. The van der Waals surface area contributed by atoms with Crippen LogP contribution in [0.15, 0.2) is 16.6 Å². The average Bonchev–Trinajstić information content (AvgIpc) is 2.23. The van der Waals surface area contributed by atoms with E-state index < -0.39 is 35.4 Å². The van der Waals surface area contributed by atoms with E-state index in [-0.39, 0.29) is 4.47 Å². The molecule has 0 aliphatic carbocycles. The standard InChI is InChI=1S/C10H9BrF2N2O3/c1-4(9(16)17)14-10(18)15-8-6(12)2-5(11)3-7(8)13/h2-4H,1H3,(H,16,17)(H2,14,15,18). The van der Waals surface area contributed by atoms with Gasteiger partial charge >= 0.3 is 12.0 Å². The van der Waals surface area contributed by atoms with Gasteiger partial charge in [-0.15, -0.1) is 0 Å². The molecule has 0 aliphatic rings. The number of anilines is 1. The maximum atomic E-state index is 13.3. The Bertz CT molecular complexity index is 473. The van der Waals surface area contributed by atoms with E-state index in [1.54, 1.807) is 0 Å². The van der Waals surface area contributed by atoms with Crippen molar-refractivity contribution in [1.82, 2.24) is 5.32 Å². The van der Waals surface area contributed by atoms with E-state index in [0.717, 1.165) is 12.1 Å². The largest absolute Gasteiger partial charge is 0.480 e. The smallest absolute Gasteiger partial charge is 0.325 e. The minimum Gasteiger partial charge on any atom is -0.480 e. The van der Waals surface area contributed by atoms with Crippen molar-refractivity contribution < 1.29 is 23.5 Å². The molecule has 1 unspecified atom stereocenters. The van der Waals surface area contributed by atoms with E-state index >= 15 is 0 Å². The quantitative estimate of drug-likeness (QED) is 0.799. The van der Waals surface area contributed by atoms with Gasteiger partial charge in [0.15, 0.2) is 11.6 Å². The molecule has 0 fully saturated rings. The van der Waals surface area contributed by atoms with E-state index in [2.05, 4.69) is 15.9 Å². The number of aliphatic carboxylic acids is 1. The Morgan fingerprint density at radius 3 is 2.28 bits per heavy atom. The Morgan fingerprint density at radius 1 is 1.33 bits per heavy atom. The average molecular weight is 323 g/mol. The Balaban J connectivity index is 2.80. The van der Waals surface area contributed by atoms with Gasteiger partial charge in [0.2, 0.25) is 0 Å². The summed E-state index contributed by atoms with van der Waals surface area (Å²) in [6.07, 6.45) is 0. The van der Waals surface area contributed by atoms with Crippen LogP contribution in [0.5, 0.6) is 0 Å². The predicted octanol–water partition coefficient (Wildman–Crippen LogP) is 2.32. The molecule has 18 heavy (non-hydrogen) atoms. The molecule has 2 amide bonds. The first-order chi connectivity index (χ1) is 8.31. The van der Waals surface area contributed by atoms with Crippen molar-refractivity contribution in [3.63, 3.8) is 0 Å². The van der Waals surface area contributed by atoms with Gasteiger partial charge in [0, 0.05) is 4.47 Å². The van der Waals surface area contributed by atoms with E-state index in [1.165, 1.54) is 6.92 Å². The van der Waals surface area contributed by atoms with E-state index in [4.69, 9.17) is 5.11 Å². The molecule has 98 valence electrons. The first kappa shape index (κ1) is 14.4. The first-order valence-corrected chi connectivity index (χ1v) is 5.55. The van der Waals surface area contributed by atoms with Gasteiger partial charge in [-0.25, -0.2) is 13.6 Å². The highest BCUT2D eigenvalue weighted by Crippen LogP contribution is 2.23. The lowest BCUT2D eigenvalue weighted by Gasteiger charge is -2.12. The highest BCUT2D eigenvalue weighted by atomic mass is 79.9. The zero-order chi connectivity index (χ0) is 13.9. The molecule has 1 aromatic carbocycles. The minimum atomic E-state index is -1.26. The molecule has 1 atom stereocenters. The molecule has 1 rings (SSSR count). The zero-order valence-corrected chi connectivity index (χ0v) is 10.7. The molecule has 8 heteroatoms. The Morgan fingerprint density at radius 2 is 1.83 bits per heavy atom. The van der Waals surface area contributed by atoms with Gasteiger partial charge in [0.05, 0.1) is 0 Å². The van der Waals surface area contributed by atoms with Gasteiger partial charge in [-0.05, 0) is 19.1 Å². The number of halogens is 3. The van der Waals surface area contributed by atoms with Gasteiger partial charge in [0.25, 0.3) is 0 Å². The first-order valence-electron chi connectivity index (χ1n) is 4.76. The van der Waals surface area contributed by atoms with Crippen molar-refractivity contribution in [3.8, 4) is 0 Å². The number of urea groups is 1. The molecule has 5 nitrogen and oxygen atoms in total. The summed E-state index contributed by atoms with van der Waals surface area (Å²) in [5.74, 6) is -3.21. The van der Waals surface area contributed by atoms with Crippen LogP contribution in [-0.4, -0.2) is 23.1 Å². The maximum absolute atomic E-state index is 13.3. The normalized spacial score (nSPS) is 11.8. The fourth-order valence-corrected chi connectivity index (χ4v) is 1.47. The molecule has 0 heterocycles. The number of carbonyl (C=O) groups excluding carboxylic acids is 1. The lowest BCUT2D eigenvalue weighted by Crippen LogP contribution is -2.41. The lowest BCUT2D eigenvalue weighted by atomic mass is 10.3. The molecule has 0 saturated heterocycles. The summed E-state index contributed by atoms with van der Waals surface area (Å²) in [5, 5.41) is 12.5. The van der Waals surface area contributed by atoms with Gasteiger partial charge in [-0.3, -0.25) is 4.79 Å². The zero-order valence-electron chi connectivity index (χ0n) is 9.13. The summed E-state index contributed by atoms with van der Waals surface area (Å²) in [4.78, 5) is 21.8. The van der Waals surface area contributed by atoms with Crippen molar-refractivity contribution in [3.05, 3.63) is 28.2 Å². The van der Waals surface area contributed by atoms with Gasteiger partial charge in [-0.1, -0.05) is 15.9 Å². The van der Waals surface area contributed by atoms with Crippen LogP contribution in [0.3, 0.4) is 0 Å². The summed E-state index contributed by atoms with van der Waals surface area (Å²) in [7, 11) is 0. The Hall–Kier alpha value is -1.70. The van der Waals surface area contributed by atoms with Crippen LogP contribution in [0, 0.1) is 11.6 Å². The van der Waals surface area contributed by atoms with Gasteiger partial charge < -0.3 is 15.7 Å². The molecule has 1 aromatic rings. The van der Waals surface area contributed by atoms with Crippen molar-refractivity contribution in [2.45, 2.75) is 13.0 Å². The topological polar surface area (TPSA) is 78.4 Å². The Kier molecular flexibility index (Phi) is 4.60. The van der Waals surface area contributed by atoms with Gasteiger partial charge in [0.1, 0.15) is 11.7 Å². The molecule has 0 saturated carbocycles. The second-order valence-corrected chi connectivity index (χ2v) is 4.32. The number of hydrogen-bond donors (Lipinski definition) is 3. The van der Waals surface area contributed by atoms with Crippen LogP contribution in [0.2, 0.25) is 0 Å². The van der Waals surface area contributed by atoms with Crippen LogP contribution in [0.4, 0.5) is 19.3 Å². The lowest BCUT2D eigenvalue weighted by molar-refractivity contribution is -0.138. The van der Waals surface area contributed by atoms with Crippen molar-refractivity contribution in [1.29, 1.82) is 0 Å². The number of carboxylic acid groups (broad SMARTS) is 1. The Labute approximate surface area is 109 Å². The number of nitrogens with one attached hydrogen (secondary N) is 2. The van der Waals surface area contributed by atoms with Crippen LogP contribution >= 0.6 is 15.9 Å². The molecular formula is C10H9BrF2N2O3. The van der Waals surface area contributed by atoms with E-state index in [1.807, 2.05) is 10.6 Å². The van der Waals surface area contributed by atoms with Crippen LogP contribution in [-0.2, 0) is 4.79 Å². The molecule has 0 aromatic heterocycles. The van der Waals surface area contributed by atoms with Gasteiger partial charge in [-0.2, -0.15) is 0 Å². The van der Waals surface area contributed by atoms with E-state index in [0.29, 0.717) is 0 Å². The van der Waals surface area contributed by atoms with Crippen LogP contribution in [0.1, 0.15) is 6.92 Å². The second-order valence-electron chi connectivity index (χ2n) is 3.40. The van der Waals surface area contributed by atoms with Crippen LogP contribution in [0.25, 0.3) is 0 Å². The third-order valence-electron chi connectivity index (χ3n) is 1.96. The number of carbonyl (C=O) groups is 2. The number of hydrogen-bond acceptors (Lipinski definition) is 2. The third-order valence-corrected chi connectivity index (χ3v) is 2.42. The number of benzene rings is 1. The van der Waals surface area contributed by atoms with Crippen molar-refractivity contribution in [2.24, 2.45) is 0 Å².